The highest BCUT2D eigenvalue weighted by Gasteiger charge is 2.13. The van der Waals surface area contributed by atoms with E-state index in [1.807, 2.05) is 12.1 Å². The Morgan fingerprint density at radius 1 is 1.04 bits per heavy atom. The van der Waals surface area contributed by atoms with Crippen molar-refractivity contribution in [2.24, 2.45) is 0 Å². The Labute approximate surface area is 166 Å². The van der Waals surface area contributed by atoms with Crippen LogP contribution in [0.2, 0.25) is 0 Å². The number of benzene rings is 2. The maximum atomic E-state index is 12.2. The number of hydrogen-bond acceptors (Lipinski definition) is 4. The SMILES string of the molecule is Cc1cccc(CSCC(=O)Nc2ccc(CN3CCN(C)CC3)cc2)c1. The summed E-state index contributed by atoms with van der Waals surface area (Å²) < 4.78 is 0. The van der Waals surface area contributed by atoms with Gasteiger partial charge < -0.3 is 10.2 Å². The molecule has 0 bridgehead atoms. The highest BCUT2D eigenvalue weighted by atomic mass is 32.2. The van der Waals surface area contributed by atoms with Crippen molar-refractivity contribution in [1.82, 2.24) is 9.80 Å². The highest BCUT2D eigenvalue weighted by Crippen LogP contribution is 2.16. The second-order valence-corrected chi connectivity index (χ2v) is 8.29. The molecule has 0 saturated carbocycles. The van der Waals surface area contributed by atoms with Gasteiger partial charge in [-0.3, -0.25) is 9.69 Å². The largest absolute Gasteiger partial charge is 0.325 e. The summed E-state index contributed by atoms with van der Waals surface area (Å²) in [6, 6.07) is 16.7. The van der Waals surface area contributed by atoms with E-state index >= 15 is 0 Å². The number of nitrogens with one attached hydrogen (secondary N) is 1. The van der Waals surface area contributed by atoms with Crippen LogP contribution in [0.3, 0.4) is 0 Å². The lowest BCUT2D eigenvalue weighted by Gasteiger charge is -2.32. The van der Waals surface area contributed by atoms with E-state index in [4.69, 9.17) is 0 Å². The van der Waals surface area contributed by atoms with Gasteiger partial charge in [-0.2, -0.15) is 0 Å². The summed E-state index contributed by atoms with van der Waals surface area (Å²) in [5.41, 5.74) is 4.69. The molecule has 0 spiro atoms. The highest BCUT2D eigenvalue weighted by molar-refractivity contribution is 7.99. The number of amides is 1. The smallest absolute Gasteiger partial charge is 0.234 e. The fourth-order valence-electron chi connectivity index (χ4n) is 3.22. The van der Waals surface area contributed by atoms with Crippen molar-refractivity contribution in [2.45, 2.75) is 19.2 Å². The molecule has 1 N–H and O–H groups in total. The van der Waals surface area contributed by atoms with Gasteiger partial charge >= 0.3 is 0 Å². The third-order valence-corrected chi connectivity index (χ3v) is 5.83. The Morgan fingerprint density at radius 3 is 2.48 bits per heavy atom. The maximum Gasteiger partial charge on any atom is 0.234 e. The van der Waals surface area contributed by atoms with Crippen molar-refractivity contribution >= 4 is 23.4 Å². The molecule has 3 rings (SSSR count). The minimum absolute atomic E-state index is 0.0551. The molecular formula is C22H29N3OS. The standard InChI is InChI=1S/C22H29N3OS/c1-18-4-3-5-20(14-18)16-27-17-22(26)23-21-8-6-19(7-9-21)15-25-12-10-24(2)11-13-25/h3-9,14H,10-13,15-17H2,1-2H3,(H,23,26). The fraction of sp³-hybridized carbons (Fsp3) is 0.409. The quantitative estimate of drug-likeness (QED) is 0.792. The van der Waals surface area contributed by atoms with E-state index in [0.717, 1.165) is 44.2 Å². The number of carbonyl (C=O) groups excluding carboxylic acids is 1. The number of thioether (sulfide) groups is 1. The molecule has 2 aromatic rings. The van der Waals surface area contributed by atoms with Gasteiger partial charge in [0.2, 0.25) is 5.91 Å². The predicted molar refractivity (Wildman–Crippen MR) is 115 cm³/mol. The van der Waals surface area contributed by atoms with Crippen LogP contribution in [0.15, 0.2) is 48.5 Å². The second kappa shape index (κ2) is 9.93. The van der Waals surface area contributed by atoms with Gasteiger partial charge in [0.15, 0.2) is 0 Å². The Bertz CT molecular complexity index is 739. The summed E-state index contributed by atoms with van der Waals surface area (Å²) in [5, 5.41) is 3.00. The first-order valence-corrected chi connectivity index (χ1v) is 10.7. The summed E-state index contributed by atoms with van der Waals surface area (Å²) in [5.74, 6) is 1.38. The van der Waals surface area contributed by atoms with Gasteiger partial charge in [0, 0.05) is 44.2 Å². The summed E-state index contributed by atoms with van der Waals surface area (Å²) in [7, 11) is 2.17. The van der Waals surface area contributed by atoms with Crippen LogP contribution >= 0.6 is 11.8 Å². The van der Waals surface area contributed by atoms with E-state index in [0.29, 0.717) is 5.75 Å². The van der Waals surface area contributed by atoms with Crippen molar-refractivity contribution < 1.29 is 4.79 Å². The van der Waals surface area contributed by atoms with E-state index < -0.39 is 0 Å². The molecule has 4 nitrogen and oxygen atoms in total. The molecule has 0 radical (unpaired) electrons. The molecule has 0 aliphatic carbocycles. The van der Waals surface area contributed by atoms with Gasteiger partial charge in [-0.15, -0.1) is 11.8 Å². The number of carbonyl (C=O) groups is 1. The molecular weight excluding hydrogens is 354 g/mol. The molecule has 5 heteroatoms. The van der Waals surface area contributed by atoms with E-state index in [-0.39, 0.29) is 5.91 Å². The van der Waals surface area contributed by atoms with Gasteiger partial charge in [-0.05, 0) is 37.2 Å². The average molecular weight is 384 g/mol. The molecule has 0 aromatic heterocycles. The number of likely N-dealkylation sites (N-methyl/N-ethyl adjacent to an activating group) is 1. The zero-order valence-corrected chi connectivity index (χ0v) is 17.1. The Hall–Kier alpha value is -1.82. The van der Waals surface area contributed by atoms with Gasteiger partial charge in [0.05, 0.1) is 5.75 Å². The number of rotatable bonds is 7. The molecule has 144 valence electrons. The molecule has 1 amide bonds. The van der Waals surface area contributed by atoms with Crippen molar-refractivity contribution in [2.75, 3.05) is 44.3 Å². The second-order valence-electron chi connectivity index (χ2n) is 7.31. The van der Waals surface area contributed by atoms with Gasteiger partial charge in [-0.1, -0.05) is 42.0 Å². The molecule has 1 aliphatic rings. The number of nitrogens with zero attached hydrogens (tertiary/aromatic N) is 2. The van der Waals surface area contributed by atoms with Crippen LogP contribution < -0.4 is 5.32 Å². The summed E-state index contributed by atoms with van der Waals surface area (Å²) >= 11 is 1.65. The number of hydrogen-bond donors (Lipinski definition) is 1. The lowest BCUT2D eigenvalue weighted by molar-refractivity contribution is -0.113. The minimum Gasteiger partial charge on any atom is -0.325 e. The molecule has 27 heavy (non-hydrogen) atoms. The molecule has 1 fully saturated rings. The average Bonchev–Trinajstić information content (AvgIpc) is 2.65. The minimum atomic E-state index is 0.0551. The molecule has 1 aliphatic heterocycles. The Kier molecular flexibility index (Phi) is 7.33. The zero-order chi connectivity index (χ0) is 19.1. The first-order valence-electron chi connectivity index (χ1n) is 9.51. The van der Waals surface area contributed by atoms with E-state index in [1.165, 1.54) is 16.7 Å². The summed E-state index contributed by atoms with van der Waals surface area (Å²) in [6.45, 7) is 7.58. The number of anilines is 1. The fourth-order valence-corrected chi connectivity index (χ4v) is 3.99. The van der Waals surface area contributed by atoms with Gasteiger partial charge in [0.25, 0.3) is 0 Å². The molecule has 0 atom stereocenters. The van der Waals surface area contributed by atoms with Crippen LogP contribution in [0.5, 0.6) is 0 Å². The van der Waals surface area contributed by atoms with Gasteiger partial charge in [-0.25, -0.2) is 0 Å². The van der Waals surface area contributed by atoms with Crippen LogP contribution in [0.4, 0.5) is 5.69 Å². The third kappa shape index (κ3) is 6.69. The van der Waals surface area contributed by atoms with Crippen LogP contribution in [0, 0.1) is 6.92 Å². The van der Waals surface area contributed by atoms with Crippen molar-refractivity contribution in [3.05, 3.63) is 65.2 Å². The van der Waals surface area contributed by atoms with Crippen LogP contribution in [0.25, 0.3) is 0 Å². The predicted octanol–water partition coefficient (Wildman–Crippen LogP) is 3.61. The normalized spacial score (nSPS) is 15.6. The first-order chi connectivity index (χ1) is 13.1. The third-order valence-electron chi connectivity index (χ3n) is 4.82. The Morgan fingerprint density at radius 2 is 1.78 bits per heavy atom. The van der Waals surface area contributed by atoms with Crippen molar-refractivity contribution in [3.8, 4) is 0 Å². The number of aryl methyl sites for hydroxylation is 1. The van der Waals surface area contributed by atoms with Crippen molar-refractivity contribution in [1.29, 1.82) is 0 Å². The van der Waals surface area contributed by atoms with E-state index in [2.05, 4.69) is 65.5 Å². The monoisotopic (exact) mass is 383 g/mol. The van der Waals surface area contributed by atoms with E-state index in [9.17, 15) is 4.79 Å². The Balaban J connectivity index is 1.40. The van der Waals surface area contributed by atoms with Gasteiger partial charge in [0.1, 0.15) is 0 Å². The van der Waals surface area contributed by atoms with Crippen molar-refractivity contribution in [3.63, 3.8) is 0 Å². The summed E-state index contributed by atoms with van der Waals surface area (Å²) in [6.07, 6.45) is 0. The molecule has 0 unspecified atom stereocenters. The zero-order valence-electron chi connectivity index (χ0n) is 16.3. The van der Waals surface area contributed by atoms with E-state index in [1.54, 1.807) is 11.8 Å². The van der Waals surface area contributed by atoms with Crippen LogP contribution in [0.1, 0.15) is 16.7 Å². The molecule has 2 aromatic carbocycles. The number of piperazine rings is 1. The van der Waals surface area contributed by atoms with Crippen LogP contribution in [-0.2, 0) is 17.1 Å². The van der Waals surface area contributed by atoms with Crippen LogP contribution in [-0.4, -0.2) is 54.7 Å². The maximum absolute atomic E-state index is 12.2. The topological polar surface area (TPSA) is 35.6 Å². The lowest BCUT2D eigenvalue weighted by atomic mass is 10.2. The first kappa shape index (κ1) is 19.9. The molecule has 1 saturated heterocycles. The molecule has 1 heterocycles. The summed E-state index contributed by atoms with van der Waals surface area (Å²) in [4.78, 5) is 17.0. The lowest BCUT2D eigenvalue weighted by Crippen LogP contribution is -2.43.